The first-order valence-corrected chi connectivity index (χ1v) is 6.52. The van der Waals surface area contributed by atoms with Gasteiger partial charge in [-0.2, -0.15) is 0 Å². The van der Waals surface area contributed by atoms with Crippen LogP contribution in [-0.4, -0.2) is 18.1 Å². The van der Waals surface area contributed by atoms with Crippen molar-refractivity contribution in [2.75, 3.05) is 12.4 Å². The fraction of sp³-hybridized carbons (Fsp3) is 0.571. The largest absolute Gasteiger partial charge is 0.496 e. The number of nitro groups is 1. The van der Waals surface area contributed by atoms with Crippen molar-refractivity contribution in [1.82, 2.24) is 0 Å². The Kier molecular flexibility index (Phi) is 3.64. The maximum Gasteiger partial charge on any atom is 0.275 e. The number of hydrogen-bond acceptors (Lipinski definition) is 4. The van der Waals surface area contributed by atoms with Gasteiger partial charge in [-0.15, -0.1) is 0 Å². The molecule has 1 aromatic rings. The Morgan fingerprint density at radius 2 is 2.16 bits per heavy atom. The number of nitrogens with zero attached hydrogens (tertiary/aromatic N) is 1. The Bertz CT molecular complexity index is 486. The van der Waals surface area contributed by atoms with E-state index in [4.69, 9.17) is 4.74 Å². The Morgan fingerprint density at radius 1 is 1.42 bits per heavy atom. The van der Waals surface area contributed by atoms with Gasteiger partial charge in [0.25, 0.3) is 5.69 Å². The van der Waals surface area contributed by atoms with E-state index in [9.17, 15) is 10.1 Å². The summed E-state index contributed by atoms with van der Waals surface area (Å²) in [5.41, 5.74) is 1.03. The van der Waals surface area contributed by atoms with E-state index >= 15 is 0 Å². The van der Waals surface area contributed by atoms with Gasteiger partial charge in [-0.3, -0.25) is 10.1 Å². The van der Waals surface area contributed by atoms with Crippen LogP contribution in [0.25, 0.3) is 0 Å². The topological polar surface area (TPSA) is 64.4 Å². The SMILES string of the molecule is COc1cc(NC2CCCC2(C)C)cc([N+](=O)[O-])c1. The molecule has 0 amide bonds. The van der Waals surface area contributed by atoms with Crippen LogP contribution in [0.5, 0.6) is 5.75 Å². The molecule has 1 aliphatic carbocycles. The van der Waals surface area contributed by atoms with Gasteiger partial charge in [0.2, 0.25) is 0 Å². The summed E-state index contributed by atoms with van der Waals surface area (Å²) in [6, 6.07) is 5.16. The minimum Gasteiger partial charge on any atom is -0.496 e. The van der Waals surface area contributed by atoms with E-state index in [2.05, 4.69) is 19.2 Å². The Labute approximate surface area is 113 Å². The van der Waals surface area contributed by atoms with Crippen LogP contribution in [0, 0.1) is 15.5 Å². The van der Waals surface area contributed by atoms with Gasteiger partial charge in [0, 0.05) is 23.9 Å². The number of nitrogens with one attached hydrogen (secondary N) is 1. The molecule has 1 N–H and O–H groups in total. The van der Waals surface area contributed by atoms with Crippen molar-refractivity contribution >= 4 is 11.4 Å². The van der Waals surface area contributed by atoms with Crippen molar-refractivity contribution in [3.8, 4) is 5.75 Å². The third kappa shape index (κ3) is 2.97. The third-order valence-corrected chi connectivity index (χ3v) is 3.94. The molecule has 0 saturated heterocycles. The summed E-state index contributed by atoms with van der Waals surface area (Å²) < 4.78 is 5.12. The van der Waals surface area contributed by atoms with E-state index in [-0.39, 0.29) is 11.1 Å². The van der Waals surface area contributed by atoms with Gasteiger partial charge in [0.1, 0.15) is 5.75 Å². The highest BCUT2D eigenvalue weighted by atomic mass is 16.6. The van der Waals surface area contributed by atoms with Crippen molar-refractivity contribution in [2.45, 2.75) is 39.2 Å². The second-order valence-electron chi connectivity index (χ2n) is 5.75. The van der Waals surface area contributed by atoms with E-state index < -0.39 is 4.92 Å². The molecule has 0 radical (unpaired) electrons. The molecule has 5 heteroatoms. The van der Waals surface area contributed by atoms with Crippen LogP contribution in [0.1, 0.15) is 33.1 Å². The molecule has 1 aromatic carbocycles. The van der Waals surface area contributed by atoms with Crippen LogP contribution < -0.4 is 10.1 Å². The third-order valence-electron chi connectivity index (χ3n) is 3.94. The minimum absolute atomic E-state index is 0.0534. The first kappa shape index (κ1) is 13.6. The van der Waals surface area contributed by atoms with Crippen LogP contribution >= 0.6 is 0 Å². The second-order valence-corrected chi connectivity index (χ2v) is 5.75. The maximum atomic E-state index is 10.9. The first-order chi connectivity index (χ1) is 8.92. The Balaban J connectivity index is 2.24. The zero-order chi connectivity index (χ0) is 14.0. The monoisotopic (exact) mass is 264 g/mol. The second kappa shape index (κ2) is 5.07. The zero-order valence-corrected chi connectivity index (χ0v) is 11.6. The molecule has 1 fully saturated rings. The lowest BCUT2D eigenvalue weighted by Crippen LogP contribution is -2.30. The lowest BCUT2D eigenvalue weighted by molar-refractivity contribution is -0.384. The average Bonchev–Trinajstić information content (AvgIpc) is 2.68. The summed E-state index contributed by atoms with van der Waals surface area (Å²) in [7, 11) is 1.52. The number of rotatable bonds is 4. The van der Waals surface area contributed by atoms with Crippen molar-refractivity contribution in [3.05, 3.63) is 28.3 Å². The fourth-order valence-electron chi connectivity index (χ4n) is 2.69. The quantitative estimate of drug-likeness (QED) is 0.666. The average molecular weight is 264 g/mol. The van der Waals surface area contributed by atoms with Crippen LogP contribution in [0.15, 0.2) is 18.2 Å². The molecular weight excluding hydrogens is 244 g/mol. The van der Waals surface area contributed by atoms with E-state index in [0.29, 0.717) is 11.8 Å². The summed E-state index contributed by atoms with van der Waals surface area (Å²) in [5.74, 6) is 0.507. The van der Waals surface area contributed by atoms with E-state index in [1.807, 2.05) is 0 Å². The predicted octanol–water partition coefficient (Wildman–Crippen LogP) is 3.59. The van der Waals surface area contributed by atoms with Crippen LogP contribution in [-0.2, 0) is 0 Å². The molecule has 2 rings (SSSR count). The number of benzene rings is 1. The normalized spacial score (nSPS) is 21.1. The summed E-state index contributed by atoms with van der Waals surface area (Å²) in [4.78, 5) is 10.5. The maximum absolute atomic E-state index is 10.9. The molecule has 1 aliphatic rings. The van der Waals surface area contributed by atoms with E-state index in [0.717, 1.165) is 12.1 Å². The molecule has 104 valence electrons. The highest BCUT2D eigenvalue weighted by Crippen LogP contribution is 2.39. The summed E-state index contributed by atoms with van der Waals surface area (Å²) >= 11 is 0. The fourth-order valence-corrected chi connectivity index (χ4v) is 2.69. The standard InChI is InChI=1S/C14H20N2O3/c1-14(2)6-4-5-13(14)15-10-7-11(16(17)18)9-12(8-10)19-3/h7-9,13,15H,4-6H2,1-3H3. The molecule has 1 saturated carbocycles. The number of nitro benzene ring substituents is 1. The van der Waals surface area contributed by atoms with Crippen LogP contribution in [0.3, 0.4) is 0 Å². The van der Waals surface area contributed by atoms with Crippen LogP contribution in [0.4, 0.5) is 11.4 Å². The van der Waals surface area contributed by atoms with Crippen molar-refractivity contribution in [1.29, 1.82) is 0 Å². The molecule has 0 bridgehead atoms. The van der Waals surface area contributed by atoms with Gasteiger partial charge in [-0.25, -0.2) is 0 Å². The highest BCUT2D eigenvalue weighted by molar-refractivity contribution is 5.57. The number of hydrogen-bond donors (Lipinski definition) is 1. The van der Waals surface area contributed by atoms with Crippen molar-refractivity contribution < 1.29 is 9.66 Å². The molecule has 0 heterocycles. The number of non-ortho nitro benzene ring substituents is 1. The molecule has 1 atom stereocenters. The van der Waals surface area contributed by atoms with E-state index in [1.165, 1.54) is 26.0 Å². The number of anilines is 1. The smallest absolute Gasteiger partial charge is 0.275 e. The zero-order valence-electron chi connectivity index (χ0n) is 11.6. The molecular formula is C14H20N2O3. The minimum atomic E-state index is -0.395. The van der Waals surface area contributed by atoms with Gasteiger partial charge in [0.15, 0.2) is 0 Å². The first-order valence-electron chi connectivity index (χ1n) is 6.52. The van der Waals surface area contributed by atoms with Gasteiger partial charge in [-0.1, -0.05) is 20.3 Å². The van der Waals surface area contributed by atoms with Crippen molar-refractivity contribution in [2.24, 2.45) is 5.41 Å². The molecule has 1 unspecified atom stereocenters. The number of methoxy groups -OCH3 is 1. The van der Waals surface area contributed by atoms with Gasteiger partial charge in [-0.05, 0) is 18.3 Å². The number of ether oxygens (including phenoxy) is 1. The predicted molar refractivity (Wildman–Crippen MR) is 74.7 cm³/mol. The molecule has 0 aliphatic heterocycles. The van der Waals surface area contributed by atoms with Gasteiger partial charge in [0.05, 0.1) is 18.1 Å². The summed E-state index contributed by atoms with van der Waals surface area (Å²) in [6.07, 6.45) is 3.46. The summed E-state index contributed by atoms with van der Waals surface area (Å²) in [6.45, 7) is 4.46. The highest BCUT2D eigenvalue weighted by Gasteiger charge is 2.34. The molecule has 0 aromatic heterocycles. The Hall–Kier alpha value is -1.78. The Morgan fingerprint density at radius 3 is 2.68 bits per heavy atom. The summed E-state index contributed by atoms with van der Waals surface area (Å²) in [5, 5.41) is 14.3. The molecule has 5 nitrogen and oxygen atoms in total. The van der Waals surface area contributed by atoms with E-state index in [1.54, 1.807) is 12.1 Å². The lowest BCUT2D eigenvalue weighted by Gasteiger charge is -2.28. The molecule has 19 heavy (non-hydrogen) atoms. The molecule has 0 spiro atoms. The van der Waals surface area contributed by atoms with Gasteiger partial charge < -0.3 is 10.1 Å². The lowest BCUT2D eigenvalue weighted by atomic mass is 9.87. The van der Waals surface area contributed by atoms with Gasteiger partial charge >= 0.3 is 0 Å². The van der Waals surface area contributed by atoms with Crippen molar-refractivity contribution in [3.63, 3.8) is 0 Å². The van der Waals surface area contributed by atoms with Crippen LogP contribution in [0.2, 0.25) is 0 Å².